The summed E-state index contributed by atoms with van der Waals surface area (Å²) in [6, 6.07) is 13.8. The van der Waals surface area contributed by atoms with Crippen molar-refractivity contribution >= 4 is 55.8 Å². The van der Waals surface area contributed by atoms with Gasteiger partial charge in [0.25, 0.3) is 0 Å². The van der Waals surface area contributed by atoms with Gasteiger partial charge < -0.3 is 10.4 Å². The Labute approximate surface area is 200 Å². The van der Waals surface area contributed by atoms with Gasteiger partial charge in [-0.2, -0.15) is 0 Å². The Bertz CT molecular complexity index is 1360. The van der Waals surface area contributed by atoms with E-state index in [2.05, 4.69) is 15.5 Å². The number of para-hydroxylation sites is 1. The molecule has 3 N–H and O–H groups in total. The predicted molar refractivity (Wildman–Crippen MR) is 131 cm³/mol. The molecule has 0 aliphatic heterocycles. The molecule has 11 heteroatoms. The van der Waals surface area contributed by atoms with Gasteiger partial charge in [0.1, 0.15) is 5.01 Å². The highest BCUT2D eigenvalue weighted by Gasteiger charge is 2.22. The van der Waals surface area contributed by atoms with E-state index in [1.807, 2.05) is 38.1 Å². The van der Waals surface area contributed by atoms with Gasteiger partial charge in [0.15, 0.2) is 20.6 Å². The molecule has 0 amide bonds. The Kier molecular flexibility index (Phi) is 7.31. The van der Waals surface area contributed by atoms with Crippen LogP contribution in [0.2, 0.25) is 0 Å². The summed E-state index contributed by atoms with van der Waals surface area (Å²) in [6.45, 7) is 4.03. The molecule has 0 atom stereocenters. The first-order valence-corrected chi connectivity index (χ1v) is 12.8. The van der Waals surface area contributed by atoms with Crippen molar-refractivity contribution in [1.29, 1.82) is 5.41 Å². The van der Waals surface area contributed by atoms with E-state index in [9.17, 15) is 18.3 Å². The smallest absolute Gasteiger partial charge is 0.355 e. The van der Waals surface area contributed by atoms with Gasteiger partial charge in [0.05, 0.1) is 15.6 Å². The molecule has 1 heterocycles. The average molecular weight is 505 g/mol. The minimum atomic E-state index is -3.41. The predicted octanol–water partition coefficient (Wildman–Crippen LogP) is 4.86. The molecule has 0 spiro atoms. The van der Waals surface area contributed by atoms with Crippen molar-refractivity contribution in [1.82, 2.24) is 10.2 Å². The van der Waals surface area contributed by atoms with Gasteiger partial charge >= 0.3 is 5.97 Å². The number of sulfone groups is 1. The topological polar surface area (TPSA) is 133 Å². The highest BCUT2D eigenvalue weighted by molar-refractivity contribution is 7.90. The zero-order valence-corrected chi connectivity index (χ0v) is 20.3. The van der Waals surface area contributed by atoms with Crippen LogP contribution in [0.4, 0.5) is 5.69 Å². The summed E-state index contributed by atoms with van der Waals surface area (Å²) in [6.07, 6.45) is 1.12. The lowest BCUT2D eigenvalue weighted by Crippen LogP contribution is -2.15. The summed E-state index contributed by atoms with van der Waals surface area (Å²) in [5.74, 6) is -1.32. The van der Waals surface area contributed by atoms with E-state index in [1.165, 1.54) is 12.1 Å². The molecule has 172 valence electrons. The molecule has 2 aromatic carbocycles. The summed E-state index contributed by atoms with van der Waals surface area (Å²) in [4.78, 5) is 11.5. The Morgan fingerprint density at radius 3 is 2.48 bits per heavy atom. The fourth-order valence-electron chi connectivity index (χ4n) is 2.97. The molecule has 8 nitrogen and oxygen atoms in total. The molecule has 0 saturated carbocycles. The van der Waals surface area contributed by atoms with Crippen LogP contribution in [0.25, 0.3) is 16.3 Å². The van der Waals surface area contributed by atoms with E-state index in [-0.39, 0.29) is 26.6 Å². The molecule has 0 radical (unpaired) electrons. The monoisotopic (exact) mass is 504 g/mol. The van der Waals surface area contributed by atoms with Crippen molar-refractivity contribution in [3.63, 3.8) is 0 Å². The maximum Gasteiger partial charge on any atom is 0.355 e. The summed E-state index contributed by atoms with van der Waals surface area (Å²) in [5.41, 5.74) is 1.52. The Morgan fingerprint density at radius 2 is 1.85 bits per heavy atom. The average Bonchev–Trinajstić information content (AvgIpc) is 3.26. The summed E-state index contributed by atoms with van der Waals surface area (Å²) < 4.78 is 23.8. The molecule has 0 aliphatic carbocycles. The van der Waals surface area contributed by atoms with Crippen LogP contribution in [-0.4, -0.2) is 41.7 Å². The summed E-state index contributed by atoms with van der Waals surface area (Å²) in [7, 11) is -3.41. The maximum absolute atomic E-state index is 11.9. The van der Waals surface area contributed by atoms with E-state index in [0.717, 1.165) is 23.2 Å². The number of nitrogens with zero attached hydrogens (tertiary/aromatic N) is 2. The van der Waals surface area contributed by atoms with Crippen LogP contribution in [0, 0.1) is 5.41 Å². The van der Waals surface area contributed by atoms with Crippen molar-refractivity contribution in [3.05, 3.63) is 64.1 Å². The van der Waals surface area contributed by atoms with Crippen molar-refractivity contribution in [2.75, 3.05) is 11.6 Å². The van der Waals surface area contributed by atoms with Crippen LogP contribution >= 0.6 is 22.9 Å². The van der Waals surface area contributed by atoms with E-state index >= 15 is 0 Å². The fourth-order valence-corrected chi connectivity index (χ4v) is 4.76. The molecule has 0 aliphatic rings. The van der Waals surface area contributed by atoms with Gasteiger partial charge in [0.2, 0.25) is 0 Å². The van der Waals surface area contributed by atoms with Crippen LogP contribution in [0.1, 0.15) is 30.3 Å². The van der Waals surface area contributed by atoms with Gasteiger partial charge in [-0.25, -0.2) is 13.2 Å². The number of carbonyl (C=O) groups is 1. The number of aromatic nitrogens is 2. The summed E-state index contributed by atoms with van der Waals surface area (Å²) in [5, 5.41) is 28.9. The first-order chi connectivity index (χ1) is 15.5. The molecule has 3 aromatic rings. The van der Waals surface area contributed by atoms with Crippen molar-refractivity contribution < 1.29 is 18.3 Å². The third-order valence-electron chi connectivity index (χ3n) is 4.64. The standard InChI is InChI=1S/C22H21ClN4O4S2/c1-12(2)15-9-4-5-10-16(15)25-19(17(23)18(24)22(28)29)21-27-26-20(32-21)13-7-6-8-14(11-13)33(3,30)31/h4-12,24-25H,1-3H3,(H,28,29)/b19-17+,24-18?. The van der Waals surface area contributed by atoms with Gasteiger partial charge in [-0.3, -0.25) is 5.41 Å². The highest BCUT2D eigenvalue weighted by atomic mass is 35.5. The number of carboxylic acid groups (broad SMARTS) is 1. The SMILES string of the molecule is CC(C)c1ccccc1N/C(=C(/Cl)C(=N)C(=O)O)c1nnc(-c2cccc(S(C)(=O)=O)c2)s1. The molecule has 3 rings (SSSR count). The van der Waals surface area contributed by atoms with Crippen LogP contribution in [0.3, 0.4) is 0 Å². The lowest BCUT2D eigenvalue weighted by atomic mass is 10.0. The number of hydrogen-bond donors (Lipinski definition) is 3. The molecular weight excluding hydrogens is 484 g/mol. The van der Waals surface area contributed by atoms with Gasteiger partial charge in [-0.15, -0.1) is 10.2 Å². The highest BCUT2D eigenvalue weighted by Crippen LogP contribution is 2.34. The lowest BCUT2D eigenvalue weighted by Gasteiger charge is -2.16. The number of anilines is 1. The zero-order chi connectivity index (χ0) is 24.3. The molecule has 33 heavy (non-hydrogen) atoms. The summed E-state index contributed by atoms with van der Waals surface area (Å²) >= 11 is 7.41. The molecule has 1 aromatic heterocycles. The minimum absolute atomic E-state index is 0.125. The fraction of sp³-hybridized carbons (Fsp3) is 0.182. The van der Waals surface area contributed by atoms with Crippen LogP contribution in [0.15, 0.2) is 58.5 Å². The second-order valence-electron chi connectivity index (χ2n) is 7.45. The maximum atomic E-state index is 11.9. The second kappa shape index (κ2) is 9.82. The normalized spacial score (nSPS) is 12.4. The number of carboxylic acids is 1. The number of nitrogens with one attached hydrogen (secondary N) is 2. The number of hydrogen-bond acceptors (Lipinski definition) is 8. The third-order valence-corrected chi connectivity index (χ3v) is 7.12. The van der Waals surface area contributed by atoms with Crippen molar-refractivity contribution in [2.24, 2.45) is 0 Å². The zero-order valence-electron chi connectivity index (χ0n) is 18.0. The van der Waals surface area contributed by atoms with Crippen molar-refractivity contribution in [2.45, 2.75) is 24.7 Å². The largest absolute Gasteiger partial charge is 0.476 e. The Balaban J connectivity index is 2.11. The van der Waals surface area contributed by atoms with Gasteiger partial charge in [-0.05, 0) is 29.7 Å². The van der Waals surface area contributed by atoms with E-state index in [0.29, 0.717) is 16.3 Å². The molecule has 0 bridgehead atoms. The molecule has 0 fully saturated rings. The van der Waals surface area contributed by atoms with E-state index in [1.54, 1.807) is 12.1 Å². The molecule has 0 unspecified atom stereocenters. The first kappa shape index (κ1) is 24.6. The Morgan fingerprint density at radius 1 is 1.15 bits per heavy atom. The quantitative estimate of drug-likeness (QED) is 0.373. The third kappa shape index (κ3) is 5.65. The van der Waals surface area contributed by atoms with Crippen LogP contribution in [0.5, 0.6) is 0 Å². The van der Waals surface area contributed by atoms with Gasteiger partial charge in [0, 0.05) is 17.5 Å². The molecular formula is C22H21ClN4O4S2. The van der Waals surface area contributed by atoms with Crippen LogP contribution in [-0.2, 0) is 14.6 Å². The molecule has 0 saturated heterocycles. The number of aliphatic carboxylic acids is 1. The van der Waals surface area contributed by atoms with Crippen molar-refractivity contribution in [3.8, 4) is 10.6 Å². The minimum Gasteiger partial charge on any atom is -0.476 e. The first-order valence-electron chi connectivity index (χ1n) is 9.71. The number of halogens is 1. The number of rotatable bonds is 8. The van der Waals surface area contributed by atoms with Crippen LogP contribution < -0.4 is 5.32 Å². The Hall–Kier alpha value is -3.08. The van der Waals surface area contributed by atoms with Gasteiger partial charge in [-0.1, -0.05) is 67.1 Å². The number of benzene rings is 2. The van der Waals surface area contributed by atoms with E-state index < -0.39 is 21.5 Å². The lowest BCUT2D eigenvalue weighted by molar-refractivity contribution is -0.129. The van der Waals surface area contributed by atoms with E-state index in [4.69, 9.17) is 17.0 Å². The second-order valence-corrected chi connectivity index (χ2v) is 10.8.